The number of nitrogens with zero attached hydrogens (tertiary/aromatic N) is 4. The van der Waals surface area contributed by atoms with Crippen molar-refractivity contribution in [2.75, 3.05) is 0 Å². The highest BCUT2D eigenvalue weighted by Gasteiger charge is 2.23. The lowest BCUT2D eigenvalue weighted by Gasteiger charge is -2.10. The second-order valence-electron chi connectivity index (χ2n) is 11.8. The van der Waals surface area contributed by atoms with Gasteiger partial charge < -0.3 is 4.42 Å². The van der Waals surface area contributed by atoms with Crippen LogP contribution >= 0.6 is 0 Å². The molecule has 0 fully saturated rings. The first kappa shape index (κ1) is 25.8. The van der Waals surface area contributed by atoms with Gasteiger partial charge in [-0.15, -0.1) is 0 Å². The van der Waals surface area contributed by atoms with Crippen LogP contribution in [0.2, 0.25) is 0 Å². The summed E-state index contributed by atoms with van der Waals surface area (Å²) >= 11 is 0. The number of fused-ring (bicyclic) bond motifs is 6. The van der Waals surface area contributed by atoms with E-state index in [4.69, 9.17) is 19.4 Å². The molecule has 0 radical (unpaired) electrons. The Bertz CT molecular complexity index is 2590. The normalized spacial score (nSPS) is 11.8. The first-order valence-electron chi connectivity index (χ1n) is 15.6. The number of aromatic nitrogens is 4. The quantitative estimate of drug-likeness (QED) is 0.201. The summed E-state index contributed by atoms with van der Waals surface area (Å²) in [7, 11) is 0. The lowest BCUT2D eigenvalue weighted by molar-refractivity contribution is 0.654. The smallest absolute Gasteiger partial charge is 0.228 e. The van der Waals surface area contributed by atoms with Crippen molar-refractivity contribution in [1.82, 2.24) is 19.9 Å². The zero-order valence-electron chi connectivity index (χ0n) is 25.1. The van der Waals surface area contributed by atoms with E-state index in [1.807, 2.05) is 66.7 Å². The molecule has 0 saturated heterocycles. The van der Waals surface area contributed by atoms with Crippen molar-refractivity contribution in [3.05, 3.63) is 146 Å². The van der Waals surface area contributed by atoms with E-state index in [1.165, 1.54) is 38.6 Å². The summed E-state index contributed by atoms with van der Waals surface area (Å²) in [6.45, 7) is 0. The fraction of sp³-hybridized carbons (Fsp3) is 0. The zero-order chi connectivity index (χ0) is 30.9. The van der Waals surface area contributed by atoms with E-state index < -0.39 is 0 Å². The van der Waals surface area contributed by atoms with Gasteiger partial charge in [0.1, 0.15) is 5.58 Å². The molecule has 0 N–H and O–H groups in total. The molecule has 6 aromatic carbocycles. The summed E-state index contributed by atoms with van der Waals surface area (Å²) < 4.78 is 6.45. The molecule has 218 valence electrons. The first-order valence-corrected chi connectivity index (χ1v) is 15.6. The average Bonchev–Trinajstić information content (AvgIpc) is 3.69. The van der Waals surface area contributed by atoms with Gasteiger partial charge in [-0.2, -0.15) is 0 Å². The van der Waals surface area contributed by atoms with Crippen molar-refractivity contribution in [3.63, 3.8) is 0 Å². The molecule has 0 bridgehead atoms. The summed E-state index contributed by atoms with van der Waals surface area (Å²) in [6.07, 6.45) is 1.76. The Hall–Kier alpha value is -6.46. The van der Waals surface area contributed by atoms with Gasteiger partial charge in [-0.3, -0.25) is 0 Å². The minimum Gasteiger partial charge on any atom is -0.438 e. The Morgan fingerprint density at radius 3 is 1.72 bits per heavy atom. The van der Waals surface area contributed by atoms with Crippen LogP contribution in [-0.2, 0) is 0 Å². The molecule has 5 heteroatoms. The van der Waals surface area contributed by atoms with Crippen LogP contribution in [0.15, 0.2) is 150 Å². The standard InChI is InChI=1S/C42H24N4O/c1-3-10-25(11-4-1)39-44-40(26-12-5-2-6-13-26)46-41(45-39)35-22-23-43-42-38(35)34-19-18-27(24-36(34)47-42)28-20-21-33-30-15-8-7-14-29(30)32-17-9-16-31(28)37(32)33/h1-24H. The van der Waals surface area contributed by atoms with Crippen LogP contribution in [0.4, 0.5) is 0 Å². The fourth-order valence-electron chi connectivity index (χ4n) is 7.04. The van der Waals surface area contributed by atoms with Crippen LogP contribution < -0.4 is 0 Å². The van der Waals surface area contributed by atoms with E-state index in [0.29, 0.717) is 23.2 Å². The van der Waals surface area contributed by atoms with Crippen LogP contribution in [0.25, 0.3) is 100 Å². The molecule has 47 heavy (non-hydrogen) atoms. The Morgan fingerprint density at radius 1 is 0.383 bits per heavy atom. The van der Waals surface area contributed by atoms with Crippen molar-refractivity contribution in [2.45, 2.75) is 0 Å². The molecule has 0 unspecified atom stereocenters. The maximum absolute atomic E-state index is 6.45. The molecule has 10 rings (SSSR count). The van der Waals surface area contributed by atoms with Crippen molar-refractivity contribution in [1.29, 1.82) is 0 Å². The molecule has 0 amide bonds. The van der Waals surface area contributed by atoms with Crippen LogP contribution in [0.3, 0.4) is 0 Å². The second kappa shape index (κ2) is 10.0. The molecule has 0 aliphatic heterocycles. The number of hydrogen-bond acceptors (Lipinski definition) is 5. The van der Waals surface area contributed by atoms with Gasteiger partial charge in [-0.1, -0.05) is 121 Å². The van der Waals surface area contributed by atoms with E-state index >= 15 is 0 Å². The van der Waals surface area contributed by atoms with Gasteiger partial charge >= 0.3 is 0 Å². The zero-order valence-corrected chi connectivity index (χ0v) is 25.1. The molecule has 0 atom stereocenters. The van der Waals surface area contributed by atoms with Crippen molar-refractivity contribution in [2.24, 2.45) is 0 Å². The lowest BCUT2D eigenvalue weighted by Crippen LogP contribution is -2.00. The molecule has 0 spiro atoms. The molecule has 0 saturated carbocycles. The third-order valence-electron chi connectivity index (χ3n) is 9.17. The highest BCUT2D eigenvalue weighted by molar-refractivity contribution is 6.19. The number of pyridine rings is 1. The molecular formula is C42H24N4O. The topological polar surface area (TPSA) is 64.7 Å². The van der Waals surface area contributed by atoms with E-state index in [0.717, 1.165) is 38.6 Å². The molecule has 3 aromatic heterocycles. The van der Waals surface area contributed by atoms with E-state index in [1.54, 1.807) is 6.20 Å². The minimum atomic E-state index is 0.549. The van der Waals surface area contributed by atoms with Crippen LogP contribution in [0.1, 0.15) is 0 Å². The monoisotopic (exact) mass is 600 g/mol. The molecule has 5 nitrogen and oxygen atoms in total. The SMILES string of the molecule is c1ccc(-c2nc(-c3ccccc3)nc(-c3ccnc4oc5cc(-c6ccc7c8c(cccc68)-c6ccccc6-7)ccc5c34)n2)cc1. The Kier molecular flexibility index (Phi) is 5.51. The number of hydrogen-bond donors (Lipinski definition) is 0. The molecule has 1 aliphatic carbocycles. The maximum Gasteiger partial charge on any atom is 0.228 e. The summed E-state index contributed by atoms with van der Waals surface area (Å²) in [6, 6.07) is 48.2. The first-order chi connectivity index (χ1) is 23.3. The summed E-state index contributed by atoms with van der Waals surface area (Å²) in [5, 5.41) is 4.39. The summed E-state index contributed by atoms with van der Waals surface area (Å²) in [4.78, 5) is 19.5. The molecule has 3 heterocycles. The third-order valence-corrected chi connectivity index (χ3v) is 9.17. The van der Waals surface area contributed by atoms with Gasteiger partial charge in [0.25, 0.3) is 0 Å². The highest BCUT2D eigenvalue weighted by Crippen LogP contribution is 2.49. The largest absolute Gasteiger partial charge is 0.438 e. The van der Waals surface area contributed by atoms with Crippen LogP contribution in [0, 0.1) is 0 Å². The van der Waals surface area contributed by atoms with Gasteiger partial charge in [0, 0.05) is 28.3 Å². The minimum absolute atomic E-state index is 0.549. The second-order valence-corrected chi connectivity index (χ2v) is 11.8. The Labute approximate surface area is 269 Å². The Balaban J connectivity index is 1.15. The maximum atomic E-state index is 6.45. The van der Waals surface area contributed by atoms with E-state index in [9.17, 15) is 0 Å². The van der Waals surface area contributed by atoms with Gasteiger partial charge in [-0.25, -0.2) is 19.9 Å². The fourth-order valence-corrected chi connectivity index (χ4v) is 7.04. The number of benzene rings is 6. The Morgan fingerprint density at radius 2 is 1.00 bits per heavy atom. The van der Waals surface area contributed by atoms with Crippen molar-refractivity contribution in [3.8, 4) is 67.5 Å². The predicted octanol–water partition coefficient (Wildman–Crippen LogP) is 10.6. The molecular weight excluding hydrogens is 576 g/mol. The van der Waals surface area contributed by atoms with Crippen LogP contribution in [-0.4, -0.2) is 19.9 Å². The lowest BCUT2D eigenvalue weighted by atomic mass is 9.94. The predicted molar refractivity (Wildman–Crippen MR) is 189 cm³/mol. The summed E-state index contributed by atoms with van der Waals surface area (Å²) in [5.74, 6) is 1.80. The summed E-state index contributed by atoms with van der Waals surface area (Å²) in [5.41, 5.74) is 11.4. The van der Waals surface area contributed by atoms with Crippen molar-refractivity contribution < 1.29 is 4.42 Å². The van der Waals surface area contributed by atoms with E-state index in [2.05, 4.69) is 77.8 Å². The van der Waals surface area contributed by atoms with Gasteiger partial charge in [-0.05, 0) is 62.4 Å². The third kappa shape index (κ3) is 3.97. The van der Waals surface area contributed by atoms with Gasteiger partial charge in [0.2, 0.25) is 5.71 Å². The average molecular weight is 601 g/mol. The molecule has 9 aromatic rings. The van der Waals surface area contributed by atoms with Crippen molar-refractivity contribution >= 4 is 32.8 Å². The molecule has 1 aliphatic rings. The highest BCUT2D eigenvalue weighted by atomic mass is 16.3. The number of rotatable bonds is 4. The van der Waals surface area contributed by atoms with Gasteiger partial charge in [0.05, 0.1) is 5.39 Å². The number of furan rings is 1. The van der Waals surface area contributed by atoms with Gasteiger partial charge in [0.15, 0.2) is 17.5 Å². The van der Waals surface area contributed by atoms with Crippen LogP contribution in [0.5, 0.6) is 0 Å². The van der Waals surface area contributed by atoms with E-state index in [-0.39, 0.29) is 0 Å².